The third kappa shape index (κ3) is 2.54. The molecular weight excluding hydrogens is 372 g/mol. The molecule has 0 saturated carbocycles. The van der Waals surface area contributed by atoms with Crippen molar-refractivity contribution in [2.45, 2.75) is 18.0 Å². The summed E-state index contributed by atoms with van der Waals surface area (Å²) >= 11 is 1.68. The van der Waals surface area contributed by atoms with E-state index in [0.29, 0.717) is 0 Å². The molecule has 0 amide bonds. The first kappa shape index (κ1) is 18.1. The van der Waals surface area contributed by atoms with E-state index >= 15 is 0 Å². The largest absolute Gasteiger partial charge is 0.497 e. The predicted octanol–water partition coefficient (Wildman–Crippen LogP) is 2.38. The Labute approximate surface area is 169 Å². The first-order valence-electron chi connectivity index (χ1n) is 9.65. The lowest BCUT2D eigenvalue weighted by molar-refractivity contribution is 0.00290. The fourth-order valence-electron chi connectivity index (χ4n) is 5.38. The minimum absolute atomic E-state index is 0.0289. The molecule has 0 aliphatic carbocycles. The molecule has 148 valence electrons. The molecule has 1 saturated heterocycles. The van der Waals surface area contributed by atoms with Gasteiger partial charge in [0.15, 0.2) is 0 Å². The molecule has 0 radical (unpaired) electrons. The number of likely N-dealkylation sites (N-methyl/N-ethyl adjacent to an activating group) is 1. The lowest BCUT2D eigenvalue weighted by Gasteiger charge is -2.55. The summed E-state index contributed by atoms with van der Waals surface area (Å²) in [4.78, 5) is 9.29. The Morgan fingerprint density at radius 1 is 1.29 bits per heavy atom. The molecule has 3 aromatic rings. The second kappa shape index (κ2) is 6.56. The molecule has 1 spiro atoms. The van der Waals surface area contributed by atoms with Gasteiger partial charge in [0.1, 0.15) is 10.8 Å². The Morgan fingerprint density at radius 2 is 2.11 bits per heavy atom. The maximum absolute atomic E-state index is 10.4. The number of hydrogen-bond acceptors (Lipinski definition) is 6. The van der Waals surface area contributed by atoms with Crippen LogP contribution >= 0.6 is 11.3 Å². The smallest absolute Gasteiger partial charge is 0.120 e. The fourth-order valence-corrected chi connectivity index (χ4v) is 6.02. The minimum atomic E-state index is -0.0289. The van der Waals surface area contributed by atoms with Crippen LogP contribution in [0.25, 0.3) is 10.9 Å². The molecule has 5 rings (SSSR count). The van der Waals surface area contributed by atoms with Crippen molar-refractivity contribution < 1.29 is 9.84 Å². The second-order valence-corrected chi connectivity index (χ2v) is 9.16. The van der Waals surface area contributed by atoms with Gasteiger partial charge in [-0.05, 0) is 24.7 Å². The van der Waals surface area contributed by atoms with Crippen molar-refractivity contribution in [2.24, 2.45) is 7.05 Å². The van der Waals surface area contributed by atoms with Crippen LogP contribution in [0.3, 0.4) is 0 Å². The van der Waals surface area contributed by atoms with Crippen molar-refractivity contribution in [3.8, 4) is 5.75 Å². The summed E-state index contributed by atoms with van der Waals surface area (Å²) in [6.45, 7) is 3.90. The van der Waals surface area contributed by atoms with E-state index in [2.05, 4.69) is 51.6 Å². The topological polar surface area (TPSA) is 53.8 Å². The number of aromatic nitrogens is 2. The number of hydrogen-bond donors (Lipinski definition) is 1. The standard InChI is InChI=1S/C21H26N4O2S/c1-23-11-21(12-23)13-25(9-18-22-6-7-28-18)17(10-26)20-19(21)15-5-4-14(27-3)8-16(15)24(20)2/h4-8,17,26H,9-13H2,1-3H3/t17-/m0/s1. The van der Waals surface area contributed by atoms with Gasteiger partial charge >= 0.3 is 0 Å². The van der Waals surface area contributed by atoms with Crippen LogP contribution in [0.1, 0.15) is 22.3 Å². The van der Waals surface area contributed by atoms with E-state index in [9.17, 15) is 5.11 Å². The molecular formula is C21H26N4O2S. The Bertz CT molecular complexity index is 1010. The Balaban J connectivity index is 1.69. The van der Waals surface area contributed by atoms with E-state index in [-0.39, 0.29) is 18.1 Å². The second-order valence-electron chi connectivity index (χ2n) is 8.18. The van der Waals surface area contributed by atoms with Crippen LogP contribution in [0.4, 0.5) is 0 Å². The van der Waals surface area contributed by atoms with Gasteiger partial charge in [-0.25, -0.2) is 4.98 Å². The molecule has 0 bridgehead atoms. The molecule has 28 heavy (non-hydrogen) atoms. The third-order valence-electron chi connectivity index (χ3n) is 6.39. The van der Waals surface area contributed by atoms with Crippen molar-refractivity contribution >= 4 is 22.2 Å². The average molecular weight is 399 g/mol. The molecule has 0 unspecified atom stereocenters. The number of rotatable bonds is 4. The van der Waals surface area contributed by atoms with Gasteiger partial charge in [-0.1, -0.05) is 0 Å². The monoisotopic (exact) mass is 398 g/mol. The third-order valence-corrected chi connectivity index (χ3v) is 7.15. The number of methoxy groups -OCH3 is 1. The summed E-state index contributed by atoms with van der Waals surface area (Å²) in [5.74, 6) is 0.866. The molecule has 1 fully saturated rings. The number of aliphatic hydroxyl groups is 1. The molecule has 2 aromatic heterocycles. The lowest BCUT2D eigenvalue weighted by Crippen LogP contribution is -2.65. The van der Waals surface area contributed by atoms with E-state index in [4.69, 9.17) is 4.74 Å². The molecule has 2 aliphatic rings. The number of nitrogens with zero attached hydrogens (tertiary/aromatic N) is 4. The van der Waals surface area contributed by atoms with Crippen molar-refractivity contribution in [2.75, 3.05) is 40.4 Å². The number of benzene rings is 1. The molecule has 4 heterocycles. The van der Waals surface area contributed by atoms with Gasteiger partial charge in [0.05, 0.1) is 31.8 Å². The number of aryl methyl sites for hydroxylation is 1. The van der Waals surface area contributed by atoms with Gasteiger partial charge in [-0.2, -0.15) is 0 Å². The molecule has 6 nitrogen and oxygen atoms in total. The fraction of sp³-hybridized carbons (Fsp3) is 0.476. The van der Waals surface area contributed by atoms with Gasteiger partial charge in [0.2, 0.25) is 0 Å². The Hall–Kier alpha value is -1.93. The molecule has 1 aromatic carbocycles. The molecule has 2 aliphatic heterocycles. The zero-order valence-corrected chi connectivity index (χ0v) is 17.4. The van der Waals surface area contributed by atoms with Gasteiger partial charge in [0, 0.05) is 60.8 Å². The van der Waals surface area contributed by atoms with Gasteiger partial charge in [-0.3, -0.25) is 4.90 Å². The summed E-state index contributed by atoms with van der Waals surface area (Å²) in [6, 6.07) is 6.33. The van der Waals surface area contributed by atoms with E-state index < -0.39 is 0 Å². The SMILES string of the molecule is COc1ccc2c3c(n(C)c2c1)[C@H](CO)N(Cc1nccs1)CC31CN(C)C1. The zero-order chi connectivity index (χ0) is 19.5. The maximum Gasteiger partial charge on any atom is 0.120 e. The molecule has 7 heteroatoms. The maximum atomic E-state index is 10.4. The summed E-state index contributed by atoms with van der Waals surface area (Å²) in [5, 5.41) is 14.8. The summed E-state index contributed by atoms with van der Waals surface area (Å²) in [7, 11) is 6.01. The number of ether oxygens (including phenoxy) is 1. The quantitative estimate of drug-likeness (QED) is 0.731. The summed E-state index contributed by atoms with van der Waals surface area (Å²) in [6.07, 6.45) is 1.86. The number of fused-ring (bicyclic) bond motifs is 4. The molecule has 1 N–H and O–H groups in total. The minimum Gasteiger partial charge on any atom is -0.497 e. The highest BCUT2D eigenvalue weighted by Crippen LogP contribution is 2.49. The molecule has 1 atom stereocenters. The summed E-state index contributed by atoms with van der Waals surface area (Å²) < 4.78 is 7.74. The summed E-state index contributed by atoms with van der Waals surface area (Å²) in [5.41, 5.74) is 3.93. The average Bonchev–Trinajstić information content (AvgIpc) is 3.28. The normalized spacial score (nSPS) is 21.8. The highest BCUT2D eigenvalue weighted by molar-refractivity contribution is 7.09. The van der Waals surface area contributed by atoms with E-state index in [1.54, 1.807) is 18.4 Å². The van der Waals surface area contributed by atoms with Crippen LogP contribution in [0.15, 0.2) is 29.8 Å². The van der Waals surface area contributed by atoms with Crippen LogP contribution in [0.2, 0.25) is 0 Å². The van der Waals surface area contributed by atoms with Crippen LogP contribution < -0.4 is 4.74 Å². The Kier molecular flexibility index (Phi) is 4.24. The predicted molar refractivity (Wildman–Crippen MR) is 111 cm³/mol. The van der Waals surface area contributed by atoms with Crippen LogP contribution in [0.5, 0.6) is 5.75 Å². The van der Waals surface area contributed by atoms with E-state index in [0.717, 1.165) is 36.9 Å². The Morgan fingerprint density at radius 3 is 2.75 bits per heavy atom. The number of aliphatic hydroxyl groups excluding tert-OH is 1. The van der Waals surface area contributed by atoms with Gasteiger partial charge in [-0.15, -0.1) is 11.3 Å². The van der Waals surface area contributed by atoms with Crippen LogP contribution in [-0.4, -0.2) is 64.9 Å². The number of likely N-dealkylation sites (tertiary alicyclic amines) is 1. The first-order chi connectivity index (χ1) is 13.6. The van der Waals surface area contributed by atoms with Crippen molar-refractivity contribution in [1.29, 1.82) is 0 Å². The van der Waals surface area contributed by atoms with Crippen molar-refractivity contribution in [3.63, 3.8) is 0 Å². The zero-order valence-electron chi connectivity index (χ0n) is 16.6. The van der Waals surface area contributed by atoms with Crippen LogP contribution in [0, 0.1) is 0 Å². The lowest BCUT2D eigenvalue weighted by atomic mass is 9.69. The van der Waals surface area contributed by atoms with E-state index in [1.165, 1.54) is 22.2 Å². The van der Waals surface area contributed by atoms with Gasteiger partial charge in [0.25, 0.3) is 0 Å². The van der Waals surface area contributed by atoms with E-state index in [1.807, 2.05) is 11.6 Å². The highest BCUT2D eigenvalue weighted by atomic mass is 32.1. The van der Waals surface area contributed by atoms with Gasteiger partial charge < -0.3 is 19.3 Å². The first-order valence-corrected chi connectivity index (χ1v) is 10.5. The highest BCUT2D eigenvalue weighted by Gasteiger charge is 2.52. The number of thiazole rings is 1. The van der Waals surface area contributed by atoms with Crippen LogP contribution in [-0.2, 0) is 19.0 Å². The van der Waals surface area contributed by atoms with Crippen molar-refractivity contribution in [3.05, 3.63) is 46.0 Å². The van der Waals surface area contributed by atoms with Crippen molar-refractivity contribution in [1.82, 2.24) is 19.4 Å².